The van der Waals surface area contributed by atoms with Crippen LogP contribution < -0.4 is 14.8 Å². The maximum atomic E-state index is 12.1. The SMILES string of the molecule is COc1ccc(NC(=O)C(C)Oc2ccccc2C)cc1. The molecular formula is C17H19NO3. The first kappa shape index (κ1) is 14.9. The highest BCUT2D eigenvalue weighted by molar-refractivity contribution is 5.94. The van der Waals surface area contributed by atoms with Crippen molar-refractivity contribution in [1.82, 2.24) is 0 Å². The first-order chi connectivity index (χ1) is 10.1. The smallest absolute Gasteiger partial charge is 0.265 e. The second kappa shape index (κ2) is 6.79. The van der Waals surface area contributed by atoms with Gasteiger partial charge in [0, 0.05) is 5.69 Å². The van der Waals surface area contributed by atoms with Gasteiger partial charge in [0.15, 0.2) is 6.10 Å². The zero-order chi connectivity index (χ0) is 15.2. The van der Waals surface area contributed by atoms with Gasteiger partial charge in [0.2, 0.25) is 0 Å². The molecule has 4 heteroatoms. The van der Waals surface area contributed by atoms with Crippen LogP contribution in [0, 0.1) is 6.92 Å². The van der Waals surface area contributed by atoms with Gasteiger partial charge in [-0.05, 0) is 49.7 Å². The number of rotatable bonds is 5. The molecule has 0 saturated heterocycles. The monoisotopic (exact) mass is 285 g/mol. The Labute approximate surface area is 124 Å². The molecule has 1 atom stereocenters. The van der Waals surface area contributed by atoms with Gasteiger partial charge in [-0.1, -0.05) is 18.2 Å². The molecular weight excluding hydrogens is 266 g/mol. The fourth-order valence-corrected chi connectivity index (χ4v) is 1.85. The normalized spacial score (nSPS) is 11.6. The second-order valence-corrected chi connectivity index (χ2v) is 4.74. The average Bonchev–Trinajstić information content (AvgIpc) is 2.50. The van der Waals surface area contributed by atoms with Crippen molar-refractivity contribution in [3.63, 3.8) is 0 Å². The van der Waals surface area contributed by atoms with E-state index in [1.165, 1.54) is 0 Å². The highest BCUT2D eigenvalue weighted by Gasteiger charge is 2.15. The molecule has 2 aromatic rings. The van der Waals surface area contributed by atoms with Crippen LogP contribution in [0.4, 0.5) is 5.69 Å². The summed E-state index contributed by atoms with van der Waals surface area (Å²) in [7, 11) is 1.60. The van der Waals surface area contributed by atoms with E-state index in [1.807, 2.05) is 31.2 Å². The topological polar surface area (TPSA) is 47.6 Å². The number of carbonyl (C=O) groups excluding carboxylic acids is 1. The number of amides is 1. The Hall–Kier alpha value is -2.49. The van der Waals surface area contributed by atoms with Gasteiger partial charge in [0.1, 0.15) is 11.5 Å². The Morgan fingerprint density at radius 2 is 1.76 bits per heavy atom. The number of anilines is 1. The number of hydrogen-bond acceptors (Lipinski definition) is 3. The number of methoxy groups -OCH3 is 1. The van der Waals surface area contributed by atoms with Crippen LogP contribution in [0.3, 0.4) is 0 Å². The molecule has 110 valence electrons. The number of ether oxygens (including phenoxy) is 2. The minimum Gasteiger partial charge on any atom is -0.497 e. The van der Waals surface area contributed by atoms with E-state index in [1.54, 1.807) is 38.3 Å². The molecule has 0 saturated carbocycles. The fraction of sp³-hybridized carbons (Fsp3) is 0.235. The van der Waals surface area contributed by atoms with E-state index in [0.717, 1.165) is 17.1 Å². The molecule has 0 aliphatic heterocycles. The lowest BCUT2D eigenvalue weighted by Gasteiger charge is -2.16. The molecule has 21 heavy (non-hydrogen) atoms. The first-order valence-corrected chi connectivity index (χ1v) is 6.77. The Morgan fingerprint density at radius 3 is 2.38 bits per heavy atom. The van der Waals surface area contributed by atoms with Gasteiger partial charge < -0.3 is 14.8 Å². The molecule has 0 fully saturated rings. The average molecular weight is 285 g/mol. The van der Waals surface area contributed by atoms with Gasteiger partial charge >= 0.3 is 0 Å². The zero-order valence-corrected chi connectivity index (χ0v) is 12.4. The van der Waals surface area contributed by atoms with Crippen LogP contribution in [0.15, 0.2) is 48.5 Å². The molecule has 1 N–H and O–H groups in total. The summed E-state index contributed by atoms with van der Waals surface area (Å²) in [6, 6.07) is 14.8. The van der Waals surface area contributed by atoms with Crippen molar-refractivity contribution in [3.05, 3.63) is 54.1 Å². The van der Waals surface area contributed by atoms with Gasteiger partial charge in [-0.2, -0.15) is 0 Å². The van der Waals surface area contributed by atoms with Crippen molar-refractivity contribution in [2.75, 3.05) is 12.4 Å². The van der Waals surface area contributed by atoms with Crippen LogP contribution in [-0.4, -0.2) is 19.1 Å². The molecule has 0 heterocycles. The van der Waals surface area contributed by atoms with Gasteiger partial charge in [-0.15, -0.1) is 0 Å². The molecule has 0 aromatic heterocycles. The van der Waals surface area contributed by atoms with Crippen LogP contribution in [0.5, 0.6) is 11.5 Å². The number of carbonyl (C=O) groups is 1. The summed E-state index contributed by atoms with van der Waals surface area (Å²) in [4.78, 5) is 12.1. The first-order valence-electron chi connectivity index (χ1n) is 6.77. The Balaban J connectivity index is 1.97. The Morgan fingerprint density at radius 1 is 1.10 bits per heavy atom. The van der Waals surface area contributed by atoms with Gasteiger partial charge in [-0.25, -0.2) is 0 Å². The molecule has 4 nitrogen and oxygen atoms in total. The second-order valence-electron chi connectivity index (χ2n) is 4.74. The van der Waals surface area contributed by atoms with E-state index >= 15 is 0 Å². The van der Waals surface area contributed by atoms with Crippen LogP contribution in [0.2, 0.25) is 0 Å². The van der Waals surface area contributed by atoms with E-state index in [2.05, 4.69) is 5.32 Å². The Kier molecular flexibility index (Phi) is 4.82. The highest BCUT2D eigenvalue weighted by atomic mass is 16.5. The molecule has 2 rings (SSSR count). The molecule has 1 amide bonds. The summed E-state index contributed by atoms with van der Waals surface area (Å²) >= 11 is 0. The molecule has 0 bridgehead atoms. The predicted molar refractivity (Wildman–Crippen MR) is 82.9 cm³/mol. The maximum Gasteiger partial charge on any atom is 0.265 e. The van der Waals surface area contributed by atoms with Crippen LogP contribution in [-0.2, 0) is 4.79 Å². The van der Waals surface area contributed by atoms with Crippen LogP contribution >= 0.6 is 0 Å². The van der Waals surface area contributed by atoms with Crippen molar-refractivity contribution in [3.8, 4) is 11.5 Å². The quantitative estimate of drug-likeness (QED) is 0.915. The van der Waals surface area contributed by atoms with E-state index in [-0.39, 0.29) is 5.91 Å². The minimum absolute atomic E-state index is 0.191. The summed E-state index contributed by atoms with van der Waals surface area (Å²) in [5.41, 5.74) is 1.71. The molecule has 0 spiro atoms. The van der Waals surface area contributed by atoms with Crippen LogP contribution in [0.25, 0.3) is 0 Å². The molecule has 0 aliphatic rings. The predicted octanol–water partition coefficient (Wildman–Crippen LogP) is 3.41. The maximum absolute atomic E-state index is 12.1. The molecule has 0 aliphatic carbocycles. The number of aryl methyl sites for hydroxylation is 1. The summed E-state index contributed by atoms with van der Waals surface area (Å²) in [6.45, 7) is 3.68. The largest absolute Gasteiger partial charge is 0.497 e. The third-order valence-electron chi connectivity index (χ3n) is 3.12. The highest BCUT2D eigenvalue weighted by Crippen LogP contribution is 2.19. The van der Waals surface area contributed by atoms with Gasteiger partial charge in [-0.3, -0.25) is 4.79 Å². The van der Waals surface area contributed by atoms with Crippen molar-refractivity contribution in [1.29, 1.82) is 0 Å². The van der Waals surface area contributed by atoms with E-state index in [4.69, 9.17) is 9.47 Å². The fourth-order valence-electron chi connectivity index (χ4n) is 1.85. The number of benzene rings is 2. The summed E-state index contributed by atoms with van der Waals surface area (Å²) < 4.78 is 10.8. The third-order valence-corrected chi connectivity index (χ3v) is 3.12. The summed E-state index contributed by atoms with van der Waals surface area (Å²) in [5.74, 6) is 1.27. The number of nitrogens with one attached hydrogen (secondary N) is 1. The Bertz CT molecular complexity index is 608. The molecule has 2 aromatic carbocycles. The standard InChI is InChI=1S/C17H19NO3/c1-12-6-4-5-7-16(12)21-13(2)17(19)18-14-8-10-15(20-3)11-9-14/h4-11,13H,1-3H3,(H,18,19). The molecule has 1 unspecified atom stereocenters. The molecule has 0 radical (unpaired) electrons. The zero-order valence-electron chi connectivity index (χ0n) is 12.4. The van der Waals surface area contributed by atoms with E-state index < -0.39 is 6.10 Å². The van der Waals surface area contributed by atoms with Crippen molar-refractivity contribution < 1.29 is 14.3 Å². The minimum atomic E-state index is -0.576. The lowest BCUT2D eigenvalue weighted by atomic mass is 10.2. The number of hydrogen-bond donors (Lipinski definition) is 1. The summed E-state index contributed by atoms with van der Waals surface area (Å²) in [5, 5.41) is 2.81. The third kappa shape index (κ3) is 3.99. The van der Waals surface area contributed by atoms with Gasteiger partial charge in [0.05, 0.1) is 7.11 Å². The lowest BCUT2D eigenvalue weighted by Crippen LogP contribution is -2.30. The van der Waals surface area contributed by atoms with Crippen molar-refractivity contribution in [2.24, 2.45) is 0 Å². The lowest BCUT2D eigenvalue weighted by molar-refractivity contribution is -0.122. The van der Waals surface area contributed by atoms with Crippen LogP contribution in [0.1, 0.15) is 12.5 Å². The van der Waals surface area contributed by atoms with Crippen molar-refractivity contribution >= 4 is 11.6 Å². The summed E-state index contributed by atoms with van der Waals surface area (Å²) in [6.07, 6.45) is -0.576. The van der Waals surface area contributed by atoms with Gasteiger partial charge in [0.25, 0.3) is 5.91 Å². The number of para-hydroxylation sites is 1. The van der Waals surface area contributed by atoms with Crippen molar-refractivity contribution in [2.45, 2.75) is 20.0 Å². The van der Waals surface area contributed by atoms with E-state index in [9.17, 15) is 4.79 Å². The van der Waals surface area contributed by atoms with E-state index in [0.29, 0.717) is 5.69 Å².